The van der Waals surface area contributed by atoms with Gasteiger partial charge in [-0.2, -0.15) is 0 Å². The Balaban J connectivity index is 1.20. The number of nitrogens with zero attached hydrogens (tertiary/aromatic N) is 2. The van der Waals surface area contributed by atoms with Crippen molar-refractivity contribution in [3.8, 4) is 11.1 Å². The zero-order valence-corrected chi connectivity index (χ0v) is 17.6. The van der Waals surface area contributed by atoms with Crippen LogP contribution < -0.4 is 5.32 Å². The molecule has 0 radical (unpaired) electrons. The summed E-state index contributed by atoms with van der Waals surface area (Å²) in [4.78, 5) is 22.7. The fourth-order valence-electron chi connectivity index (χ4n) is 5.72. The van der Waals surface area contributed by atoms with Crippen LogP contribution in [0.5, 0.6) is 0 Å². The number of H-pyrrole nitrogens is 1. The Morgan fingerprint density at radius 3 is 2.90 bits per heavy atom. The molecule has 2 bridgehead atoms. The van der Waals surface area contributed by atoms with E-state index in [0.717, 1.165) is 42.4 Å². The Morgan fingerprint density at radius 2 is 2.06 bits per heavy atom. The molecule has 160 valence electrons. The highest BCUT2D eigenvalue weighted by Crippen LogP contribution is 2.37. The Kier molecular flexibility index (Phi) is 4.68. The molecule has 2 N–H and O–H groups in total. The first-order valence-electron chi connectivity index (χ1n) is 11.5. The fraction of sp³-hybridized carbons (Fsp3) is 0.440. The first-order valence-corrected chi connectivity index (χ1v) is 11.5. The van der Waals surface area contributed by atoms with Crippen molar-refractivity contribution < 1.29 is 9.53 Å². The number of amides is 1. The second kappa shape index (κ2) is 7.68. The molecule has 31 heavy (non-hydrogen) atoms. The number of piperidine rings is 3. The van der Waals surface area contributed by atoms with E-state index in [2.05, 4.69) is 50.5 Å². The summed E-state index contributed by atoms with van der Waals surface area (Å²) >= 11 is 0. The number of pyridine rings is 1. The number of benzene rings is 1. The maximum atomic E-state index is 12.7. The van der Waals surface area contributed by atoms with Crippen molar-refractivity contribution in [1.29, 1.82) is 0 Å². The maximum absolute atomic E-state index is 12.7. The van der Waals surface area contributed by atoms with Gasteiger partial charge in [-0.1, -0.05) is 18.2 Å². The fourth-order valence-corrected chi connectivity index (χ4v) is 5.72. The van der Waals surface area contributed by atoms with Crippen LogP contribution in [0.2, 0.25) is 0 Å². The maximum Gasteiger partial charge on any atom is 0.408 e. The molecular weight excluding hydrogens is 388 g/mol. The standard InChI is InChI=1S/C25H28N4O2/c30-25(28-22-15-29-12-8-16(22)9-13-29)31-23-3-1-2-17-14-18(4-5-20(17)23)19-6-10-26-24-21(19)7-11-27-24/h4-7,10-11,14,16,22-23H,1-3,8-9,12-13,15H2,(H,26,27)(H,28,30)/t22-,23?/m1/s1. The summed E-state index contributed by atoms with van der Waals surface area (Å²) in [5.41, 5.74) is 5.70. The third-order valence-electron chi connectivity index (χ3n) is 7.38. The first-order chi connectivity index (χ1) is 15.2. The van der Waals surface area contributed by atoms with Gasteiger partial charge >= 0.3 is 6.09 Å². The van der Waals surface area contributed by atoms with Crippen LogP contribution in [0.3, 0.4) is 0 Å². The van der Waals surface area contributed by atoms with Crippen molar-refractivity contribution in [2.75, 3.05) is 19.6 Å². The molecule has 6 heteroatoms. The van der Waals surface area contributed by atoms with Crippen LogP contribution in [0.4, 0.5) is 4.79 Å². The highest BCUT2D eigenvalue weighted by Gasteiger charge is 2.35. The van der Waals surface area contributed by atoms with Gasteiger partial charge in [0, 0.05) is 30.4 Å². The average Bonchev–Trinajstić information content (AvgIpc) is 3.29. The van der Waals surface area contributed by atoms with Crippen molar-refractivity contribution in [1.82, 2.24) is 20.2 Å². The van der Waals surface area contributed by atoms with Gasteiger partial charge in [0.1, 0.15) is 11.8 Å². The zero-order chi connectivity index (χ0) is 20.8. The molecule has 2 atom stereocenters. The van der Waals surface area contributed by atoms with Gasteiger partial charge in [-0.15, -0.1) is 0 Å². The van der Waals surface area contributed by atoms with Crippen LogP contribution in [-0.2, 0) is 11.2 Å². The predicted octanol–water partition coefficient (Wildman–Crippen LogP) is 4.43. The molecule has 3 aromatic rings. The van der Waals surface area contributed by atoms with Gasteiger partial charge in [-0.05, 0) is 85.5 Å². The number of aryl methyl sites for hydroxylation is 1. The predicted molar refractivity (Wildman–Crippen MR) is 120 cm³/mol. The molecular formula is C25H28N4O2. The van der Waals surface area contributed by atoms with Crippen LogP contribution in [0.15, 0.2) is 42.7 Å². The SMILES string of the molecule is O=C(N[C@@H]1CN2CCC1CC2)OC1CCCc2cc(-c3ccnc4[nH]ccc34)ccc21. The number of ether oxygens (including phenoxy) is 1. The first kappa shape index (κ1) is 18.9. The summed E-state index contributed by atoms with van der Waals surface area (Å²) in [7, 11) is 0. The van der Waals surface area contributed by atoms with E-state index in [9.17, 15) is 4.79 Å². The number of aromatic nitrogens is 2. The van der Waals surface area contributed by atoms with Crippen LogP contribution in [-0.4, -0.2) is 46.6 Å². The van der Waals surface area contributed by atoms with E-state index < -0.39 is 0 Å². The van der Waals surface area contributed by atoms with Gasteiger partial charge in [0.05, 0.1) is 0 Å². The smallest absolute Gasteiger partial charge is 0.408 e. The van der Waals surface area contributed by atoms with Crippen molar-refractivity contribution in [3.05, 3.63) is 53.9 Å². The van der Waals surface area contributed by atoms with E-state index >= 15 is 0 Å². The quantitative estimate of drug-likeness (QED) is 0.663. The number of carbonyl (C=O) groups is 1. The Bertz CT molecular complexity index is 1120. The summed E-state index contributed by atoms with van der Waals surface area (Å²) in [5.74, 6) is 0.601. The number of nitrogens with one attached hydrogen (secondary N) is 2. The lowest BCUT2D eigenvalue weighted by Crippen LogP contribution is -2.57. The van der Waals surface area contributed by atoms with E-state index in [1.807, 2.05) is 12.4 Å². The minimum absolute atomic E-state index is 0.163. The molecule has 3 aliphatic heterocycles. The van der Waals surface area contributed by atoms with E-state index in [-0.39, 0.29) is 18.2 Å². The van der Waals surface area contributed by atoms with Gasteiger partial charge in [-0.3, -0.25) is 0 Å². The van der Waals surface area contributed by atoms with Crippen LogP contribution in [0.1, 0.15) is 42.9 Å². The van der Waals surface area contributed by atoms with Gasteiger partial charge < -0.3 is 19.9 Å². The number of carbonyl (C=O) groups excluding carboxylic acids is 1. The molecule has 1 aliphatic carbocycles. The number of hydrogen-bond acceptors (Lipinski definition) is 4. The number of hydrogen-bond donors (Lipinski definition) is 2. The normalized spacial score (nSPS) is 27.1. The van der Waals surface area contributed by atoms with E-state index in [1.165, 1.54) is 42.6 Å². The number of fused-ring (bicyclic) bond motifs is 5. The van der Waals surface area contributed by atoms with E-state index in [4.69, 9.17) is 4.74 Å². The van der Waals surface area contributed by atoms with Crippen LogP contribution >= 0.6 is 0 Å². The molecule has 4 aliphatic rings. The van der Waals surface area contributed by atoms with Crippen molar-refractivity contribution >= 4 is 17.1 Å². The van der Waals surface area contributed by atoms with Gasteiger partial charge in [-0.25, -0.2) is 9.78 Å². The second-order valence-corrected chi connectivity index (χ2v) is 9.19. The zero-order valence-electron chi connectivity index (χ0n) is 17.6. The number of aromatic amines is 1. The van der Waals surface area contributed by atoms with Gasteiger partial charge in [0.15, 0.2) is 0 Å². The number of rotatable bonds is 3. The molecule has 7 rings (SSSR count). The monoisotopic (exact) mass is 416 g/mol. The van der Waals surface area contributed by atoms with E-state index in [0.29, 0.717) is 5.92 Å². The third-order valence-corrected chi connectivity index (χ3v) is 7.38. The molecule has 3 saturated heterocycles. The molecule has 1 unspecified atom stereocenters. The van der Waals surface area contributed by atoms with Crippen LogP contribution in [0, 0.1) is 5.92 Å². The molecule has 1 amide bonds. The summed E-state index contributed by atoms with van der Waals surface area (Å²) in [6.45, 7) is 3.30. The summed E-state index contributed by atoms with van der Waals surface area (Å²) in [6.07, 6.45) is 8.66. The van der Waals surface area contributed by atoms with E-state index in [1.54, 1.807) is 0 Å². The highest BCUT2D eigenvalue weighted by molar-refractivity contribution is 5.93. The molecule has 0 spiro atoms. The Hall–Kier alpha value is -2.86. The second-order valence-electron chi connectivity index (χ2n) is 9.19. The molecule has 6 nitrogen and oxygen atoms in total. The summed E-state index contributed by atoms with van der Waals surface area (Å²) in [6, 6.07) is 10.9. The van der Waals surface area contributed by atoms with Crippen molar-refractivity contribution in [3.63, 3.8) is 0 Å². The van der Waals surface area contributed by atoms with Crippen LogP contribution in [0.25, 0.3) is 22.2 Å². The molecule has 2 aromatic heterocycles. The molecule has 5 heterocycles. The highest BCUT2D eigenvalue weighted by atomic mass is 16.6. The van der Waals surface area contributed by atoms with Gasteiger partial charge in [0.2, 0.25) is 0 Å². The lowest BCUT2D eigenvalue weighted by molar-refractivity contribution is 0.0504. The topological polar surface area (TPSA) is 70.2 Å². The minimum Gasteiger partial charge on any atom is -0.441 e. The summed E-state index contributed by atoms with van der Waals surface area (Å²) in [5, 5.41) is 4.30. The Labute approximate surface area is 182 Å². The lowest BCUT2D eigenvalue weighted by Gasteiger charge is -2.44. The summed E-state index contributed by atoms with van der Waals surface area (Å²) < 4.78 is 5.95. The largest absolute Gasteiger partial charge is 0.441 e. The van der Waals surface area contributed by atoms with Crippen molar-refractivity contribution in [2.45, 2.75) is 44.2 Å². The molecule has 0 saturated carbocycles. The third kappa shape index (κ3) is 3.49. The van der Waals surface area contributed by atoms with Crippen molar-refractivity contribution in [2.24, 2.45) is 5.92 Å². The number of alkyl carbamates (subject to hydrolysis) is 1. The van der Waals surface area contributed by atoms with Gasteiger partial charge in [0.25, 0.3) is 0 Å². The molecule has 1 aromatic carbocycles. The minimum atomic E-state index is -0.260. The molecule has 3 fully saturated rings. The lowest BCUT2D eigenvalue weighted by atomic mass is 9.84. The average molecular weight is 417 g/mol. The Morgan fingerprint density at radius 1 is 1.16 bits per heavy atom.